The van der Waals surface area contributed by atoms with Crippen molar-refractivity contribution in [2.24, 2.45) is 0 Å². The summed E-state index contributed by atoms with van der Waals surface area (Å²) >= 11 is 0. The van der Waals surface area contributed by atoms with Gasteiger partial charge in [0, 0.05) is 17.8 Å². The number of halogens is 2. The van der Waals surface area contributed by atoms with Crippen LogP contribution in [0.4, 0.5) is 14.5 Å². The second-order valence-electron chi connectivity index (χ2n) is 6.23. The lowest BCUT2D eigenvalue weighted by Gasteiger charge is -2.24. The third-order valence-electron chi connectivity index (χ3n) is 4.26. The molecule has 140 valence electrons. The van der Waals surface area contributed by atoms with E-state index in [-0.39, 0.29) is 24.2 Å². The monoisotopic (exact) mass is 371 g/mol. The first-order valence-electron chi connectivity index (χ1n) is 8.33. The van der Waals surface area contributed by atoms with Gasteiger partial charge in [-0.05, 0) is 43.8 Å². The van der Waals surface area contributed by atoms with E-state index >= 15 is 0 Å². The van der Waals surface area contributed by atoms with Crippen LogP contribution in [0.15, 0.2) is 55.1 Å². The normalized spacial score (nSPS) is 12.2. The molecule has 1 aromatic heterocycles. The van der Waals surface area contributed by atoms with Gasteiger partial charge in [0.2, 0.25) is 5.91 Å². The highest BCUT2D eigenvalue weighted by Crippen LogP contribution is 2.20. The van der Waals surface area contributed by atoms with E-state index < -0.39 is 11.6 Å². The molecule has 0 aliphatic carbocycles. The van der Waals surface area contributed by atoms with Gasteiger partial charge in [-0.25, -0.2) is 18.4 Å². The summed E-state index contributed by atoms with van der Waals surface area (Å²) in [7, 11) is 1.81. The van der Waals surface area contributed by atoms with E-state index in [4.69, 9.17) is 0 Å². The Kier molecular flexibility index (Phi) is 5.56. The Bertz CT molecular complexity index is 892. The average Bonchev–Trinajstić information content (AvgIpc) is 3.14. The van der Waals surface area contributed by atoms with Crippen molar-refractivity contribution in [2.45, 2.75) is 13.0 Å². The Morgan fingerprint density at radius 2 is 1.85 bits per heavy atom. The summed E-state index contributed by atoms with van der Waals surface area (Å²) in [5.74, 6) is -1.83. The van der Waals surface area contributed by atoms with Gasteiger partial charge in [-0.3, -0.25) is 9.69 Å². The molecule has 1 N–H and O–H groups in total. The van der Waals surface area contributed by atoms with E-state index in [2.05, 4.69) is 15.4 Å². The van der Waals surface area contributed by atoms with Crippen molar-refractivity contribution in [1.82, 2.24) is 19.7 Å². The topological polar surface area (TPSA) is 63.1 Å². The van der Waals surface area contributed by atoms with Crippen molar-refractivity contribution >= 4 is 11.6 Å². The molecule has 2 aromatic carbocycles. The number of carbonyl (C=O) groups excluding carboxylic acids is 1. The molecule has 0 saturated heterocycles. The lowest BCUT2D eigenvalue weighted by atomic mass is 10.1. The molecule has 1 atom stereocenters. The van der Waals surface area contributed by atoms with Gasteiger partial charge in [-0.1, -0.05) is 12.1 Å². The lowest BCUT2D eigenvalue weighted by Crippen LogP contribution is -2.32. The molecule has 0 unspecified atom stereocenters. The second-order valence-corrected chi connectivity index (χ2v) is 6.23. The van der Waals surface area contributed by atoms with Gasteiger partial charge in [0.25, 0.3) is 0 Å². The summed E-state index contributed by atoms with van der Waals surface area (Å²) in [6, 6.07) is 10.6. The van der Waals surface area contributed by atoms with Crippen LogP contribution >= 0.6 is 0 Å². The Hall–Kier alpha value is -3.13. The highest BCUT2D eigenvalue weighted by Gasteiger charge is 2.15. The molecule has 0 spiro atoms. The van der Waals surface area contributed by atoms with Crippen molar-refractivity contribution in [3.05, 3.63) is 72.3 Å². The predicted molar refractivity (Wildman–Crippen MR) is 97.4 cm³/mol. The van der Waals surface area contributed by atoms with Crippen LogP contribution in [0.3, 0.4) is 0 Å². The summed E-state index contributed by atoms with van der Waals surface area (Å²) in [5, 5.41) is 6.59. The van der Waals surface area contributed by atoms with Gasteiger partial charge in [0.15, 0.2) is 0 Å². The number of hydrogen-bond donors (Lipinski definition) is 1. The van der Waals surface area contributed by atoms with E-state index in [1.165, 1.54) is 6.33 Å². The molecule has 0 radical (unpaired) electrons. The maximum absolute atomic E-state index is 13.2. The van der Waals surface area contributed by atoms with E-state index in [9.17, 15) is 13.6 Å². The summed E-state index contributed by atoms with van der Waals surface area (Å²) in [6.45, 7) is 2.05. The molecule has 3 aromatic rings. The van der Waals surface area contributed by atoms with Gasteiger partial charge in [-0.15, -0.1) is 0 Å². The van der Waals surface area contributed by atoms with Crippen LogP contribution in [0.2, 0.25) is 0 Å². The third-order valence-corrected chi connectivity index (χ3v) is 4.26. The van der Waals surface area contributed by atoms with E-state index in [1.54, 1.807) is 11.0 Å². The zero-order chi connectivity index (χ0) is 19.4. The molecule has 1 amide bonds. The number of nitrogens with zero attached hydrogens (tertiary/aromatic N) is 4. The summed E-state index contributed by atoms with van der Waals surface area (Å²) in [6.07, 6.45) is 3.08. The van der Waals surface area contributed by atoms with Gasteiger partial charge >= 0.3 is 0 Å². The molecule has 0 aliphatic heterocycles. The quantitative estimate of drug-likeness (QED) is 0.723. The number of hydrogen-bond acceptors (Lipinski definition) is 4. The molecular weight excluding hydrogens is 352 g/mol. The van der Waals surface area contributed by atoms with Crippen LogP contribution in [-0.4, -0.2) is 39.2 Å². The van der Waals surface area contributed by atoms with Gasteiger partial charge in [0.05, 0.1) is 12.2 Å². The van der Waals surface area contributed by atoms with E-state index in [0.29, 0.717) is 0 Å². The minimum Gasteiger partial charge on any atom is -0.325 e. The molecule has 0 fully saturated rings. The van der Waals surface area contributed by atoms with Crippen LogP contribution in [0.25, 0.3) is 5.69 Å². The number of amides is 1. The molecule has 0 bridgehead atoms. The fourth-order valence-electron chi connectivity index (χ4n) is 2.69. The average molecular weight is 371 g/mol. The highest BCUT2D eigenvalue weighted by molar-refractivity contribution is 5.92. The van der Waals surface area contributed by atoms with Crippen molar-refractivity contribution in [3.63, 3.8) is 0 Å². The van der Waals surface area contributed by atoms with Gasteiger partial charge in [-0.2, -0.15) is 5.10 Å². The number of likely N-dealkylation sites (N-methyl/N-ethyl adjacent to an activating group) is 1. The molecule has 3 rings (SSSR count). The van der Waals surface area contributed by atoms with Crippen molar-refractivity contribution in [1.29, 1.82) is 0 Å². The molecule has 27 heavy (non-hydrogen) atoms. The lowest BCUT2D eigenvalue weighted by molar-refractivity contribution is -0.117. The zero-order valence-corrected chi connectivity index (χ0v) is 14.9. The van der Waals surface area contributed by atoms with Crippen molar-refractivity contribution in [3.8, 4) is 5.69 Å². The number of carbonyl (C=O) groups is 1. The number of nitrogens with one attached hydrogen (secondary N) is 1. The van der Waals surface area contributed by atoms with Crippen LogP contribution in [-0.2, 0) is 4.79 Å². The summed E-state index contributed by atoms with van der Waals surface area (Å²) in [4.78, 5) is 17.9. The van der Waals surface area contributed by atoms with Crippen molar-refractivity contribution < 1.29 is 13.6 Å². The smallest absolute Gasteiger partial charge is 0.238 e. The molecule has 0 aliphatic rings. The van der Waals surface area contributed by atoms with Crippen molar-refractivity contribution in [2.75, 3.05) is 18.9 Å². The number of benzene rings is 2. The zero-order valence-electron chi connectivity index (χ0n) is 14.9. The maximum atomic E-state index is 13.2. The Morgan fingerprint density at radius 3 is 2.44 bits per heavy atom. The van der Waals surface area contributed by atoms with Crippen LogP contribution in [0, 0.1) is 11.6 Å². The molecule has 8 heteroatoms. The number of aromatic nitrogens is 3. The third kappa shape index (κ3) is 4.73. The Balaban J connectivity index is 1.61. The molecule has 6 nitrogen and oxygen atoms in total. The first kappa shape index (κ1) is 18.7. The molecular formula is C19H19F2N5O. The first-order chi connectivity index (χ1) is 12.9. The second kappa shape index (κ2) is 8.05. The van der Waals surface area contributed by atoms with Gasteiger partial charge in [0.1, 0.15) is 24.3 Å². The first-order valence-corrected chi connectivity index (χ1v) is 8.33. The summed E-state index contributed by atoms with van der Waals surface area (Å²) < 4.78 is 28.1. The largest absolute Gasteiger partial charge is 0.325 e. The SMILES string of the molecule is C[C@H](c1ccc(-n2cncn2)cc1)N(C)CC(=O)Nc1cc(F)cc(F)c1. The van der Waals surface area contributed by atoms with E-state index in [1.807, 2.05) is 43.1 Å². The predicted octanol–water partition coefficient (Wildman–Crippen LogP) is 3.18. The fourth-order valence-corrected chi connectivity index (χ4v) is 2.69. The maximum Gasteiger partial charge on any atom is 0.238 e. The molecule has 1 heterocycles. The van der Waals surface area contributed by atoms with E-state index in [0.717, 1.165) is 29.4 Å². The molecule has 0 saturated carbocycles. The minimum atomic E-state index is -0.737. The number of anilines is 1. The van der Waals surface area contributed by atoms with Crippen LogP contribution in [0.1, 0.15) is 18.5 Å². The van der Waals surface area contributed by atoms with Crippen LogP contribution < -0.4 is 5.32 Å². The number of rotatable bonds is 6. The highest BCUT2D eigenvalue weighted by atomic mass is 19.1. The standard InChI is InChI=1S/C19H19F2N5O/c1-13(14-3-5-18(6-4-14)26-12-22-11-23-26)25(2)10-19(27)24-17-8-15(20)7-16(21)9-17/h3-9,11-13H,10H2,1-2H3,(H,24,27)/t13-/m1/s1. The minimum absolute atomic E-state index is 0.0372. The Morgan fingerprint density at radius 1 is 1.19 bits per heavy atom. The fraction of sp³-hybridized carbons (Fsp3) is 0.211. The summed E-state index contributed by atoms with van der Waals surface area (Å²) in [5.41, 5.74) is 2.00. The van der Waals surface area contributed by atoms with Gasteiger partial charge < -0.3 is 5.32 Å². The Labute approximate surface area is 155 Å². The van der Waals surface area contributed by atoms with Crippen LogP contribution in [0.5, 0.6) is 0 Å².